The van der Waals surface area contributed by atoms with Crippen molar-refractivity contribution in [2.75, 3.05) is 0 Å². The van der Waals surface area contributed by atoms with Crippen molar-refractivity contribution in [1.29, 1.82) is 0 Å². The van der Waals surface area contributed by atoms with Crippen molar-refractivity contribution < 1.29 is 4.52 Å². The highest BCUT2D eigenvalue weighted by Crippen LogP contribution is 2.23. The molecule has 18 heavy (non-hydrogen) atoms. The molecule has 0 fully saturated rings. The van der Waals surface area contributed by atoms with Crippen molar-refractivity contribution >= 4 is 23.2 Å². The molecule has 1 unspecified atom stereocenters. The van der Waals surface area contributed by atoms with Crippen LogP contribution >= 0.6 is 23.2 Å². The standard InChI is InChI=1S/C12H13Cl2N3O/c1-2-10(15)12-16-11(17-18-12)6-7-3-4-8(13)9(14)5-7/h3-5,10H,2,6,15H2,1H3. The van der Waals surface area contributed by atoms with E-state index < -0.39 is 0 Å². The Bertz CT molecular complexity index is 542. The third-order valence-corrected chi connectivity index (χ3v) is 3.33. The first-order valence-corrected chi connectivity index (χ1v) is 6.37. The van der Waals surface area contributed by atoms with E-state index in [1.54, 1.807) is 12.1 Å². The second-order valence-electron chi connectivity index (χ2n) is 3.99. The smallest absolute Gasteiger partial charge is 0.243 e. The fourth-order valence-electron chi connectivity index (χ4n) is 1.50. The summed E-state index contributed by atoms with van der Waals surface area (Å²) in [5, 5.41) is 4.94. The molecular formula is C12H13Cl2N3O. The van der Waals surface area contributed by atoms with Gasteiger partial charge in [-0.15, -0.1) is 0 Å². The maximum atomic E-state index is 5.94. The Labute approximate surface area is 115 Å². The molecule has 0 radical (unpaired) electrons. The van der Waals surface area contributed by atoms with E-state index in [2.05, 4.69) is 10.1 Å². The molecule has 0 aliphatic carbocycles. The minimum absolute atomic E-state index is 0.208. The molecule has 0 spiro atoms. The molecule has 6 heteroatoms. The van der Waals surface area contributed by atoms with Crippen LogP contribution in [-0.4, -0.2) is 10.1 Å². The van der Waals surface area contributed by atoms with Crippen molar-refractivity contribution in [2.24, 2.45) is 5.73 Å². The van der Waals surface area contributed by atoms with Gasteiger partial charge in [-0.25, -0.2) is 0 Å². The van der Waals surface area contributed by atoms with E-state index >= 15 is 0 Å². The van der Waals surface area contributed by atoms with Crippen LogP contribution in [-0.2, 0) is 6.42 Å². The fraction of sp³-hybridized carbons (Fsp3) is 0.333. The lowest BCUT2D eigenvalue weighted by molar-refractivity contribution is 0.348. The van der Waals surface area contributed by atoms with Gasteiger partial charge in [0, 0.05) is 6.42 Å². The summed E-state index contributed by atoms with van der Waals surface area (Å²) in [5.74, 6) is 1.06. The first-order valence-electron chi connectivity index (χ1n) is 5.62. The maximum absolute atomic E-state index is 5.94. The summed E-state index contributed by atoms with van der Waals surface area (Å²) in [6.45, 7) is 1.97. The first-order chi connectivity index (χ1) is 8.60. The molecular weight excluding hydrogens is 273 g/mol. The summed E-state index contributed by atoms with van der Waals surface area (Å²) in [6, 6.07) is 5.21. The zero-order chi connectivity index (χ0) is 13.1. The van der Waals surface area contributed by atoms with Crippen LogP contribution in [0.25, 0.3) is 0 Å². The molecule has 0 bridgehead atoms. The molecule has 2 aromatic rings. The lowest BCUT2D eigenvalue weighted by Crippen LogP contribution is -2.08. The summed E-state index contributed by atoms with van der Waals surface area (Å²) < 4.78 is 5.10. The number of benzene rings is 1. The Morgan fingerprint density at radius 3 is 2.78 bits per heavy atom. The second kappa shape index (κ2) is 5.69. The van der Waals surface area contributed by atoms with E-state index in [9.17, 15) is 0 Å². The van der Waals surface area contributed by atoms with Gasteiger partial charge in [0.1, 0.15) is 0 Å². The van der Waals surface area contributed by atoms with E-state index in [0.29, 0.717) is 28.2 Å². The summed E-state index contributed by atoms with van der Waals surface area (Å²) in [6.07, 6.45) is 1.30. The van der Waals surface area contributed by atoms with Gasteiger partial charge >= 0.3 is 0 Å². The highest BCUT2D eigenvalue weighted by Gasteiger charge is 2.13. The van der Waals surface area contributed by atoms with E-state index in [-0.39, 0.29) is 6.04 Å². The normalized spacial score (nSPS) is 12.7. The number of halogens is 2. The van der Waals surface area contributed by atoms with Crippen molar-refractivity contribution in [3.8, 4) is 0 Å². The predicted octanol–water partition coefficient (Wildman–Crippen LogP) is 3.38. The second-order valence-corrected chi connectivity index (χ2v) is 4.80. The van der Waals surface area contributed by atoms with Gasteiger partial charge < -0.3 is 10.3 Å². The molecule has 0 saturated heterocycles. The first kappa shape index (κ1) is 13.3. The Morgan fingerprint density at radius 1 is 1.33 bits per heavy atom. The largest absolute Gasteiger partial charge is 0.338 e. The fourth-order valence-corrected chi connectivity index (χ4v) is 1.82. The molecule has 0 aliphatic rings. The van der Waals surface area contributed by atoms with Crippen LogP contribution in [0.5, 0.6) is 0 Å². The van der Waals surface area contributed by atoms with Crippen LogP contribution in [0.1, 0.15) is 36.7 Å². The van der Waals surface area contributed by atoms with E-state index in [1.807, 2.05) is 13.0 Å². The zero-order valence-electron chi connectivity index (χ0n) is 9.86. The molecule has 0 amide bonds. The van der Waals surface area contributed by atoms with Gasteiger partial charge in [0.2, 0.25) is 5.89 Å². The number of hydrogen-bond donors (Lipinski definition) is 1. The van der Waals surface area contributed by atoms with Crippen LogP contribution in [0.3, 0.4) is 0 Å². The average molecular weight is 286 g/mol. The Balaban J connectivity index is 2.13. The minimum atomic E-state index is -0.208. The van der Waals surface area contributed by atoms with Gasteiger partial charge in [0.15, 0.2) is 5.82 Å². The van der Waals surface area contributed by atoms with Gasteiger partial charge in [-0.1, -0.05) is 41.3 Å². The average Bonchev–Trinajstić information content (AvgIpc) is 2.81. The quantitative estimate of drug-likeness (QED) is 0.935. The number of aromatic nitrogens is 2. The molecule has 2 rings (SSSR count). The maximum Gasteiger partial charge on any atom is 0.243 e. The van der Waals surface area contributed by atoms with Crippen LogP contribution in [0.4, 0.5) is 0 Å². The summed E-state index contributed by atoms with van der Waals surface area (Å²) in [7, 11) is 0. The molecule has 4 nitrogen and oxygen atoms in total. The van der Waals surface area contributed by atoms with Gasteiger partial charge in [-0.05, 0) is 24.1 Å². The molecule has 1 aromatic heterocycles. The van der Waals surface area contributed by atoms with Crippen molar-refractivity contribution in [1.82, 2.24) is 10.1 Å². The Hall–Kier alpha value is -1.10. The minimum Gasteiger partial charge on any atom is -0.338 e. The topological polar surface area (TPSA) is 64.9 Å². The molecule has 1 atom stereocenters. The SMILES string of the molecule is CCC(N)c1nc(Cc2ccc(Cl)c(Cl)c2)no1. The van der Waals surface area contributed by atoms with Crippen LogP contribution < -0.4 is 5.73 Å². The molecule has 0 saturated carbocycles. The van der Waals surface area contributed by atoms with E-state index in [1.165, 1.54) is 0 Å². The Kier molecular flexibility index (Phi) is 4.22. The lowest BCUT2D eigenvalue weighted by Gasteiger charge is -2.00. The van der Waals surface area contributed by atoms with E-state index in [0.717, 1.165) is 12.0 Å². The van der Waals surface area contributed by atoms with Crippen molar-refractivity contribution in [3.63, 3.8) is 0 Å². The van der Waals surface area contributed by atoms with Gasteiger partial charge in [-0.3, -0.25) is 0 Å². The van der Waals surface area contributed by atoms with Gasteiger partial charge in [-0.2, -0.15) is 4.98 Å². The van der Waals surface area contributed by atoms with Gasteiger partial charge in [0.25, 0.3) is 0 Å². The molecule has 2 N–H and O–H groups in total. The van der Waals surface area contributed by atoms with Crippen molar-refractivity contribution in [3.05, 3.63) is 45.5 Å². The summed E-state index contributed by atoms with van der Waals surface area (Å²) in [4.78, 5) is 4.25. The number of hydrogen-bond acceptors (Lipinski definition) is 4. The molecule has 1 heterocycles. The summed E-state index contributed by atoms with van der Waals surface area (Å²) >= 11 is 11.8. The zero-order valence-corrected chi connectivity index (χ0v) is 11.4. The van der Waals surface area contributed by atoms with Gasteiger partial charge in [0.05, 0.1) is 16.1 Å². The van der Waals surface area contributed by atoms with Crippen LogP contribution in [0, 0.1) is 0 Å². The van der Waals surface area contributed by atoms with Crippen LogP contribution in [0.15, 0.2) is 22.7 Å². The third kappa shape index (κ3) is 3.02. The monoisotopic (exact) mass is 285 g/mol. The molecule has 96 valence electrons. The predicted molar refractivity (Wildman–Crippen MR) is 70.8 cm³/mol. The van der Waals surface area contributed by atoms with E-state index in [4.69, 9.17) is 33.5 Å². The summed E-state index contributed by atoms with van der Waals surface area (Å²) in [5.41, 5.74) is 6.78. The van der Waals surface area contributed by atoms with Crippen molar-refractivity contribution in [2.45, 2.75) is 25.8 Å². The lowest BCUT2D eigenvalue weighted by atomic mass is 10.1. The molecule has 1 aromatic carbocycles. The molecule has 0 aliphatic heterocycles. The third-order valence-electron chi connectivity index (χ3n) is 2.59. The number of nitrogens with zero attached hydrogens (tertiary/aromatic N) is 2. The number of nitrogens with two attached hydrogens (primary N) is 1. The highest BCUT2D eigenvalue weighted by molar-refractivity contribution is 6.42. The van der Waals surface area contributed by atoms with Crippen LogP contribution in [0.2, 0.25) is 10.0 Å². The highest BCUT2D eigenvalue weighted by atomic mass is 35.5. The Morgan fingerprint density at radius 2 is 2.11 bits per heavy atom. The number of rotatable bonds is 4.